The van der Waals surface area contributed by atoms with Gasteiger partial charge in [0.05, 0.1) is 0 Å². The first-order valence-corrected chi connectivity index (χ1v) is 6.76. The van der Waals surface area contributed by atoms with Gasteiger partial charge < -0.3 is 0 Å². The van der Waals surface area contributed by atoms with Crippen LogP contribution in [0.25, 0.3) is 11.1 Å². The van der Waals surface area contributed by atoms with E-state index in [2.05, 4.69) is 68.4 Å². The predicted octanol–water partition coefficient (Wildman–Crippen LogP) is 0.310. The van der Waals surface area contributed by atoms with Gasteiger partial charge in [-0.25, -0.2) is 0 Å². The summed E-state index contributed by atoms with van der Waals surface area (Å²) in [6.07, 6.45) is 1.09. The van der Waals surface area contributed by atoms with Gasteiger partial charge in [-0.1, -0.05) is 0 Å². The SMILES string of the molecule is [SeH]c1ccc2c(c1)Cc1ccc([SeH])cc1-2. The van der Waals surface area contributed by atoms with Crippen molar-refractivity contribution in [2.75, 3.05) is 0 Å². The summed E-state index contributed by atoms with van der Waals surface area (Å²) >= 11 is 5.23. The molecule has 2 heteroatoms. The Bertz CT molecular complexity index is 544. The van der Waals surface area contributed by atoms with Crippen LogP contribution in [-0.2, 0) is 6.42 Å². The van der Waals surface area contributed by atoms with Gasteiger partial charge in [0, 0.05) is 0 Å². The average molecular weight is 324 g/mol. The topological polar surface area (TPSA) is 0 Å². The molecule has 0 aromatic heterocycles. The molecule has 15 heavy (non-hydrogen) atoms. The summed E-state index contributed by atoms with van der Waals surface area (Å²) in [4.78, 5) is 0. The fourth-order valence-corrected chi connectivity index (χ4v) is 3.07. The van der Waals surface area contributed by atoms with Gasteiger partial charge in [-0.05, 0) is 0 Å². The molecule has 2 aromatic rings. The zero-order chi connectivity index (χ0) is 10.4. The van der Waals surface area contributed by atoms with Crippen molar-refractivity contribution in [3.8, 4) is 11.1 Å². The molecule has 0 amide bonds. The van der Waals surface area contributed by atoms with Crippen LogP contribution >= 0.6 is 0 Å². The van der Waals surface area contributed by atoms with Crippen LogP contribution in [0, 0.1) is 0 Å². The molecule has 0 bridgehead atoms. The molecule has 1 aliphatic rings. The van der Waals surface area contributed by atoms with Crippen molar-refractivity contribution in [2.24, 2.45) is 0 Å². The molecule has 3 rings (SSSR count). The molecule has 0 unspecified atom stereocenters. The third-order valence-electron chi connectivity index (χ3n) is 2.85. The third-order valence-corrected chi connectivity index (χ3v) is 4.02. The standard InChI is InChI=1S/C13H10Se2/c14-10-3-4-12-9(6-10)5-8-1-2-11(15)7-13(8)12/h1-4,6-7,14-15H,5H2. The zero-order valence-electron chi connectivity index (χ0n) is 8.07. The van der Waals surface area contributed by atoms with Crippen LogP contribution in [-0.4, -0.2) is 32.0 Å². The molecular weight excluding hydrogens is 314 g/mol. The van der Waals surface area contributed by atoms with E-state index >= 15 is 0 Å². The average Bonchev–Trinajstić information content (AvgIpc) is 2.54. The molecule has 0 nitrogen and oxygen atoms in total. The number of fused-ring (bicyclic) bond motifs is 3. The van der Waals surface area contributed by atoms with E-state index in [0.717, 1.165) is 6.42 Å². The van der Waals surface area contributed by atoms with Crippen LogP contribution in [0.15, 0.2) is 36.4 Å². The summed E-state index contributed by atoms with van der Waals surface area (Å²) in [5, 5.41) is 0. The van der Waals surface area contributed by atoms with Gasteiger partial charge in [0.1, 0.15) is 0 Å². The van der Waals surface area contributed by atoms with E-state index in [0.29, 0.717) is 0 Å². The van der Waals surface area contributed by atoms with E-state index in [9.17, 15) is 0 Å². The van der Waals surface area contributed by atoms with Gasteiger partial charge in [0.25, 0.3) is 0 Å². The van der Waals surface area contributed by atoms with Crippen LogP contribution in [0.4, 0.5) is 0 Å². The van der Waals surface area contributed by atoms with Crippen LogP contribution in [0.5, 0.6) is 0 Å². The Morgan fingerprint density at radius 3 is 2.33 bits per heavy atom. The summed E-state index contributed by atoms with van der Waals surface area (Å²) in [5.41, 5.74) is 5.74. The van der Waals surface area contributed by atoms with Crippen molar-refractivity contribution < 1.29 is 0 Å². The number of hydrogen-bond donors (Lipinski definition) is 0. The Labute approximate surface area is 106 Å². The van der Waals surface area contributed by atoms with E-state index in [1.54, 1.807) is 0 Å². The summed E-state index contributed by atoms with van der Waals surface area (Å²) in [6, 6.07) is 13.4. The number of benzene rings is 2. The van der Waals surface area contributed by atoms with E-state index in [1.807, 2.05) is 0 Å². The van der Waals surface area contributed by atoms with E-state index in [4.69, 9.17) is 0 Å². The first-order chi connectivity index (χ1) is 7.24. The monoisotopic (exact) mass is 326 g/mol. The first kappa shape index (κ1) is 9.69. The maximum absolute atomic E-state index is 2.61. The summed E-state index contributed by atoms with van der Waals surface area (Å²) in [7, 11) is 0. The molecule has 0 N–H and O–H groups in total. The molecule has 0 aliphatic heterocycles. The first-order valence-electron chi connectivity index (χ1n) is 4.88. The minimum atomic E-state index is 1.09. The van der Waals surface area contributed by atoms with Gasteiger partial charge in [-0.15, -0.1) is 0 Å². The second-order valence-electron chi connectivity index (χ2n) is 3.86. The van der Waals surface area contributed by atoms with Crippen molar-refractivity contribution in [2.45, 2.75) is 6.42 Å². The van der Waals surface area contributed by atoms with E-state index in [1.165, 1.54) is 31.2 Å². The maximum atomic E-state index is 2.61. The normalized spacial score (nSPS) is 12.4. The number of hydrogen-bond acceptors (Lipinski definition) is 0. The quantitative estimate of drug-likeness (QED) is 0.522. The molecule has 0 saturated carbocycles. The predicted molar refractivity (Wildman–Crippen MR) is 68.3 cm³/mol. The van der Waals surface area contributed by atoms with Crippen LogP contribution in [0.2, 0.25) is 0 Å². The molecule has 1 aliphatic carbocycles. The molecule has 0 fully saturated rings. The second-order valence-corrected chi connectivity index (χ2v) is 6.03. The van der Waals surface area contributed by atoms with Crippen molar-refractivity contribution in [1.82, 2.24) is 0 Å². The minimum absolute atomic E-state index is 1.09. The Balaban J connectivity index is 2.26. The van der Waals surface area contributed by atoms with Crippen molar-refractivity contribution in [3.63, 3.8) is 0 Å². The molecule has 0 spiro atoms. The van der Waals surface area contributed by atoms with Crippen LogP contribution < -0.4 is 8.92 Å². The van der Waals surface area contributed by atoms with Gasteiger partial charge in [-0.2, -0.15) is 0 Å². The summed E-state index contributed by atoms with van der Waals surface area (Å²) < 4.78 is 2.58. The van der Waals surface area contributed by atoms with Crippen LogP contribution in [0.3, 0.4) is 0 Å². The summed E-state index contributed by atoms with van der Waals surface area (Å²) in [5.74, 6) is 0. The van der Waals surface area contributed by atoms with Crippen molar-refractivity contribution in [1.29, 1.82) is 0 Å². The van der Waals surface area contributed by atoms with Crippen LogP contribution in [0.1, 0.15) is 11.1 Å². The molecular formula is C13H10Se2. The Morgan fingerprint density at radius 2 is 1.47 bits per heavy atom. The van der Waals surface area contributed by atoms with Gasteiger partial charge >= 0.3 is 106 Å². The molecule has 74 valence electrons. The molecule has 0 saturated heterocycles. The second kappa shape index (κ2) is 3.50. The zero-order valence-corrected chi connectivity index (χ0v) is 11.8. The van der Waals surface area contributed by atoms with Gasteiger partial charge in [0.15, 0.2) is 0 Å². The molecule has 0 atom stereocenters. The third kappa shape index (κ3) is 1.58. The van der Waals surface area contributed by atoms with Crippen molar-refractivity contribution >= 4 is 40.9 Å². The Morgan fingerprint density at radius 1 is 0.733 bits per heavy atom. The number of rotatable bonds is 0. The van der Waals surface area contributed by atoms with Gasteiger partial charge in [-0.3, -0.25) is 0 Å². The van der Waals surface area contributed by atoms with Crippen molar-refractivity contribution in [3.05, 3.63) is 47.5 Å². The van der Waals surface area contributed by atoms with E-state index in [-0.39, 0.29) is 0 Å². The molecule has 2 aromatic carbocycles. The molecule has 0 radical (unpaired) electrons. The Hall–Kier alpha value is -0.521. The molecule has 0 heterocycles. The summed E-state index contributed by atoms with van der Waals surface area (Å²) in [6.45, 7) is 0. The fraction of sp³-hybridized carbons (Fsp3) is 0.0769. The van der Waals surface area contributed by atoms with E-state index < -0.39 is 0 Å². The van der Waals surface area contributed by atoms with Gasteiger partial charge in [0.2, 0.25) is 0 Å². The fourth-order valence-electron chi connectivity index (χ4n) is 2.16. The Kier molecular flexibility index (Phi) is 2.26.